The Labute approximate surface area is 166 Å². The summed E-state index contributed by atoms with van der Waals surface area (Å²) in [6, 6.07) is 15.3. The Morgan fingerprint density at radius 1 is 0.964 bits per heavy atom. The van der Waals surface area contributed by atoms with Gasteiger partial charge in [-0.1, -0.05) is 30.3 Å². The minimum absolute atomic E-state index is 0.0437. The summed E-state index contributed by atoms with van der Waals surface area (Å²) in [6.07, 6.45) is 0.943. The van der Waals surface area contributed by atoms with Gasteiger partial charge in [-0.2, -0.15) is 0 Å². The normalized spacial score (nSPS) is 10.2. The smallest absolute Gasteiger partial charge is 0.222 e. The third-order valence-electron chi connectivity index (χ3n) is 4.55. The van der Waals surface area contributed by atoms with Crippen molar-refractivity contribution in [2.45, 2.75) is 26.3 Å². The number of para-hydroxylation sites is 1. The molecule has 0 aliphatic rings. The number of benzene rings is 2. The Balaban J connectivity index is 1.79. The molecule has 0 aromatic heterocycles. The van der Waals surface area contributed by atoms with Crippen molar-refractivity contribution in [2.75, 3.05) is 27.3 Å². The minimum atomic E-state index is -0.0839. The highest BCUT2D eigenvalue weighted by Gasteiger charge is 2.12. The zero-order chi connectivity index (χ0) is 20.4. The van der Waals surface area contributed by atoms with Crippen LogP contribution < -0.4 is 14.8 Å². The maximum Gasteiger partial charge on any atom is 0.222 e. The van der Waals surface area contributed by atoms with Crippen LogP contribution in [0.15, 0.2) is 48.5 Å². The fraction of sp³-hybridized carbons (Fsp3) is 0.364. The minimum Gasteiger partial charge on any atom is -0.497 e. The monoisotopic (exact) mass is 384 g/mol. The topological polar surface area (TPSA) is 67.9 Å². The first-order chi connectivity index (χ1) is 13.5. The van der Waals surface area contributed by atoms with E-state index >= 15 is 0 Å². The van der Waals surface area contributed by atoms with E-state index in [0.29, 0.717) is 26.1 Å². The van der Waals surface area contributed by atoms with Crippen LogP contribution in [0.3, 0.4) is 0 Å². The quantitative estimate of drug-likeness (QED) is 0.684. The Morgan fingerprint density at radius 3 is 2.32 bits per heavy atom. The van der Waals surface area contributed by atoms with Gasteiger partial charge in [0.05, 0.1) is 14.2 Å². The average molecular weight is 384 g/mol. The van der Waals surface area contributed by atoms with Gasteiger partial charge < -0.3 is 19.7 Å². The molecule has 2 amide bonds. The van der Waals surface area contributed by atoms with Crippen LogP contribution in [0.1, 0.15) is 24.5 Å². The van der Waals surface area contributed by atoms with Crippen LogP contribution in [0.5, 0.6) is 11.5 Å². The summed E-state index contributed by atoms with van der Waals surface area (Å²) in [5, 5.41) is 2.89. The second kappa shape index (κ2) is 11.0. The molecule has 0 saturated heterocycles. The van der Waals surface area contributed by atoms with Gasteiger partial charge in [-0.3, -0.25) is 9.59 Å². The summed E-state index contributed by atoms with van der Waals surface area (Å²) < 4.78 is 10.5. The maximum absolute atomic E-state index is 12.1. The molecule has 0 heterocycles. The third kappa shape index (κ3) is 6.61. The van der Waals surface area contributed by atoms with E-state index in [1.165, 1.54) is 6.92 Å². The number of ether oxygens (including phenoxy) is 2. The molecule has 0 fully saturated rings. The van der Waals surface area contributed by atoms with E-state index in [4.69, 9.17) is 9.47 Å². The first kappa shape index (κ1) is 21.3. The number of nitrogens with zero attached hydrogens (tertiary/aromatic N) is 1. The third-order valence-corrected chi connectivity index (χ3v) is 4.55. The molecule has 2 rings (SSSR count). The van der Waals surface area contributed by atoms with Crippen LogP contribution >= 0.6 is 0 Å². The fourth-order valence-corrected chi connectivity index (χ4v) is 2.86. The van der Waals surface area contributed by atoms with Gasteiger partial charge in [0, 0.05) is 33.0 Å². The molecule has 6 heteroatoms. The summed E-state index contributed by atoms with van der Waals surface area (Å²) in [6.45, 7) is 2.90. The van der Waals surface area contributed by atoms with E-state index in [0.717, 1.165) is 22.6 Å². The Bertz CT molecular complexity index is 774. The average Bonchev–Trinajstić information content (AvgIpc) is 2.72. The van der Waals surface area contributed by atoms with Gasteiger partial charge in [0.15, 0.2) is 0 Å². The van der Waals surface area contributed by atoms with Crippen molar-refractivity contribution < 1.29 is 19.1 Å². The van der Waals surface area contributed by atoms with E-state index < -0.39 is 0 Å². The van der Waals surface area contributed by atoms with E-state index in [2.05, 4.69) is 5.32 Å². The van der Waals surface area contributed by atoms with Gasteiger partial charge in [-0.05, 0) is 35.7 Å². The highest BCUT2D eigenvalue weighted by molar-refractivity contribution is 5.78. The standard InChI is InChI=1S/C22H28N2O4/c1-17(25)24(14-12-19-6-4-5-7-21(19)28-3)15-13-22(26)23-16-18-8-10-20(27-2)11-9-18/h4-11H,12-16H2,1-3H3,(H,23,26). The predicted molar refractivity (Wildman–Crippen MR) is 108 cm³/mol. The lowest BCUT2D eigenvalue weighted by atomic mass is 10.1. The van der Waals surface area contributed by atoms with Crippen LogP contribution in [0.2, 0.25) is 0 Å². The molecule has 6 nitrogen and oxygen atoms in total. The Morgan fingerprint density at radius 2 is 1.68 bits per heavy atom. The molecule has 150 valence electrons. The second-order valence-corrected chi connectivity index (χ2v) is 6.44. The molecule has 0 spiro atoms. The van der Waals surface area contributed by atoms with Gasteiger partial charge in [-0.25, -0.2) is 0 Å². The molecule has 0 unspecified atom stereocenters. The van der Waals surface area contributed by atoms with Crippen molar-refractivity contribution in [3.05, 3.63) is 59.7 Å². The molecule has 0 aliphatic carbocycles. The molecule has 0 bridgehead atoms. The number of hydrogen-bond acceptors (Lipinski definition) is 4. The van der Waals surface area contributed by atoms with Crippen LogP contribution in [0.25, 0.3) is 0 Å². The number of rotatable bonds is 10. The lowest BCUT2D eigenvalue weighted by Gasteiger charge is -2.21. The zero-order valence-corrected chi connectivity index (χ0v) is 16.7. The van der Waals surface area contributed by atoms with E-state index in [1.54, 1.807) is 19.1 Å². The van der Waals surface area contributed by atoms with Crippen LogP contribution in [-0.2, 0) is 22.6 Å². The van der Waals surface area contributed by atoms with Gasteiger partial charge in [0.1, 0.15) is 11.5 Å². The molecule has 2 aromatic rings. The van der Waals surface area contributed by atoms with Gasteiger partial charge in [0.25, 0.3) is 0 Å². The number of carbonyl (C=O) groups is 2. The van der Waals surface area contributed by atoms with Crippen LogP contribution in [0, 0.1) is 0 Å². The predicted octanol–water partition coefficient (Wildman–Crippen LogP) is 2.80. The highest BCUT2D eigenvalue weighted by atomic mass is 16.5. The van der Waals surface area contributed by atoms with Gasteiger partial charge in [-0.15, -0.1) is 0 Å². The van der Waals surface area contributed by atoms with Crippen molar-refractivity contribution >= 4 is 11.8 Å². The SMILES string of the molecule is COc1ccc(CNC(=O)CCN(CCc2ccccc2OC)C(C)=O)cc1. The van der Waals surface area contributed by atoms with Gasteiger partial charge >= 0.3 is 0 Å². The molecule has 28 heavy (non-hydrogen) atoms. The maximum atomic E-state index is 12.1. The number of nitrogens with one attached hydrogen (secondary N) is 1. The molecule has 0 atom stereocenters. The summed E-state index contributed by atoms with van der Waals surface area (Å²) >= 11 is 0. The number of carbonyl (C=O) groups excluding carboxylic acids is 2. The molecule has 0 aliphatic heterocycles. The first-order valence-corrected chi connectivity index (χ1v) is 9.30. The lowest BCUT2D eigenvalue weighted by Crippen LogP contribution is -2.35. The Kier molecular flexibility index (Phi) is 8.34. The largest absolute Gasteiger partial charge is 0.497 e. The highest BCUT2D eigenvalue weighted by Crippen LogP contribution is 2.18. The molecule has 0 radical (unpaired) electrons. The molecular weight excluding hydrogens is 356 g/mol. The van der Waals surface area contributed by atoms with Gasteiger partial charge in [0.2, 0.25) is 11.8 Å². The van der Waals surface area contributed by atoms with Crippen LogP contribution in [0.4, 0.5) is 0 Å². The van der Waals surface area contributed by atoms with Crippen molar-refractivity contribution in [1.82, 2.24) is 10.2 Å². The molecule has 0 saturated carbocycles. The number of hydrogen-bond donors (Lipinski definition) is 1. The molecular formula is C22H28N2O4. The van der Waals surface area contributed by atoms with Crippen molar-refractivity contribution in [2.24, 2.45) is 0 Å². The van der Waals surface area contributed by atoms with Crippen LogP contribution in [-0.4, -0.2) is 44.0 Å². The summed E-state index contributed by atoms with van der Waals surface area (Å²) in [4.78, 5) is 25.8. The second-order valence-electron chi connectivity index (χ2n) is 6.44. The van der Waals surface area contributed by atoms with E-state index in [9.17, 15) is 9.59 Å². The van der Waals surface area contributed by atoms with Crippen molar-refractivity contribution in [3.8, 4) is 11.5 Å². The van der Waals surface area contributed by atoms with Crippen molar-refractivity contribution in [3.63, 3.8) is 0 Å². The number of amides is 2. The van der Waals surface area contributed by atoms with Crippen molar-refractivity contribution in [1.29, 1.82) is 0 Å². The first-order valence-electron chi connectivity index (χ1n) is 9.30. The summed E-state index contributed by atoms with van der Waals surface area (Å²) in [5.74, 6) is 1.46. The number of methoxy groups -OCH3 is 2. The zero-order valence-electron chi connectivity index (χ0n) is 16.7. The molecule has 2 aromatic carbocycles. The fourth-order valence-electron chi connectivity index (χ4n) is 2.86. The summed E-state index contributed by atoms with van der Waals surface area (Å²) in [7, 11) is 3.25. The Hall–Kier alpha value is -3.02. The lowest BCUT2D eigenvalue weighted by molar-refractivity contribution is -0.129. The van der Waals surface area contributed by atoms with E-state index in [-0.39, 0.29) is 18.2 Å². The molecule has 1 N–H and O–H groups in total. The van der Waals surface area contributed by atoms with E-state index in [1.807, 2.05) is 48.5 Å². The summed E-state index contributed by atoms with van der Waals surface area (Å²) in [5.41, 5.74) is 2.04.